The largest absolute Gasteiger partial charge is 0.354 e. The third kappa shape index (κ3) is 3.80. The maximum Gasteiger partial charge on any atom is 0.253 e. The van der Waals surface area contributed by atoms with Gasteiger partial charge in [-0.15, -0.1) is 0 Å². The molecule has 2 heterocycles. The van der Waals surface area contributed by atoms with Crippen LogP contribution in [0.15, 0.2) is 29.2 Å². The second-order valence-corrected chi connectivity index (χ2v) is 10.00. The minimum atomic E-state index is -3.80. The third-order valence-corrected chi connectivity index (χ3v) is 8.14. The van der Waals surface area contributed by atoms with Gasteiger partial charge >= 0.3 is 0 Å². The zero-order valence-electron chi connectivity index (χ0n) is 16.0. The predicted octanol–water partition coefficient (Wildman–Crippen LogP) is 1.46. The first-order valence-electron chi connectivity index (χ1n) is 10.1. The van der Waals surface area contributed by atoms with Gasteiger partial charge in [0, 0.05) is 31.7 Å². The van der Waals surface area contributed by atoms with Crippen molar-refractivity contribution in [1.29, 1.82) is 0 Å². The van der Waals surface area contributed by atoms with Gasteiger partial charge in [-0.3, -0.25) is 9.59 Å². The average molecular weight is 406 g/mol. The molecule has 2 saturated heterocycles. The van der Waals surface area contributed by atoms with Crippen molar-refractivity contribution in [3.63, 3.8) is 0 Å². The molecule has 2 atom stereocenters. The molecule has 28 heavy (non-hydrogen) atoms. The van der Waals surface area contributed by atoms with Crippen LogP contribution in [0.25, 0.3) is 0 Å². The van der Waals surface area contributed by atoms with E-state index < -0.39 is 10.0 Å². The van der Waals surface area contributed by atoms with Crippen molar-refractivity contribution in [2.24, 2.45) is 11.8 Å². The fourth-order valence-corrected chi connectivity index (χ4v) is 6.17. The fourth-order valence-electron chi connectivity index (χ4n) is 4.73. The zero-order valence-corrected chi connectivity index (χ0v) is 16.8. The van der Waals surface area contributed by atoms with Crippen molar-refractivity contribution in [3.05, 3.63) is 29.8 Å². The van der Waals surface area contributed by atoms with Crippen LogP contribution in [-0.4, -0.2) is 62.2 Å². The lowest BCUT2D eigenvalue weighted by Crippen LogP contribution is -2.49. The van der Waals surface area contributed by atoms with E-state index >= 15 is 0 Å². The van der Waals surface area contributed by atoms with Crippen molar-refractivity contribution < 1.29 is 18.0 Å². The molecule has 4 rings (SSSR count). The Kier molecular flexibility index (Phi) is 5.42. The van der Waals surface area contributed by atoms with E-state index in [4.69, 9.17) is 0 Å². The Morgan fingerprint density at radius 3 is 2.64 bits per heavy atom. The summed E-state index contributed by atoms with van der Waals surface area (Å²) in [6, 6.07) is 6.23. The highest BCUT2D eigenvalue weighted by atomic mass is 32.2. The van der Waals surface area contributed by atoms with E-state index in [9.17, 15) is 18.0 Å². The number of sulfonamides is 1. The van der Waals surface area contributed by atoms with Gasteiger partial charge in [-0.05, 0) is 42.9 Å². The van der Waals surface area contributed by atoms with E-state index in [0.717, 1.165) is 25.4 Å². The van der Waals surface area contributed by atoms with Gasteiger partial charge < -0.3 is 10.2 Å². The number of piperazine rings is 1. The van der Waals surface area contributed by atoms with Crippen LogP contribution in [-0.2, 0) is 14.8 Å². The summed E-state index contributed by atoms with van der Waals surface area (Å²) in [4.78, 5) is 26.6. The molecule has 8 heteroatoms. The van der Waals surface area contributed by atoms with Crippen LogP contribution in [0.1, 0.15) is 42.5 Å². The molecule has 0 radical (unpaired) electrons. The van der Waals surface area contributed by atoms with Crippen molar-refractivity contribution in [2.75, 3.05) is 32.7 Å². The number of hydrogen-bond acceptors (Lipinski definition) is 4. The summed E-state index contributed by atoms with van der Waals surface area (Å²) >= 11 is 0. The summed E-state index contributed by atoms with van der Waals surface area (Å²) in [6.45, 7) is 1.86. The quantitative estimate of drug-likeness (QED) is 0.825. The minimum Gasteiger partial charge on any atom is -0.354 e. The van der Waals surface area contributed by atoms with Crippen LogP contribution in [0, 0.1) is 11.8 Å². The zero-order chi connectivity index (χ0) is 19.7. The molecule has 7 nitrogen and oxygen atoms in total. The number of benzene rings is 1. The highest BCUT2D eigenvalue weighted by Crippen LogP contribution is 2.36. The van der Waals surface area contributed by atoms with Gasteiger partial charge in [0.1, 0.15) is 0 Å². The molecule has 152 valence electrons. The molecule has 1 aromatic carbocycles. The second kappa shape index (κ2) is 7.83. The lowest BCUT2D eigenvalue weighted by molar-refractivity contribution is -0.122. The SMILES string of the molecule is O=C1CN(S(=O)(=O)c2cccc(C(=O)N3CCC4CCCCC4C3)c2)CCN1. The summed E-state index contributed by atoms with van der Waals surface area (Å²) in [5.74, 6) is 0.898. The van der Waals surface area contributed by atoms with E-state index in [1.807, 2.05) is 4.90 Å². The maximum atomic E-state index is 13.0. The monoisotopic (exact) mass is 405 g/mol. The second-order valence-electron chi connectivity index (χ2n) is 8.06. The summed E-state index contributed by atoms with van der Waals surface area (Å²) in [5, 5.41) is 2.63. The molecule has 1 saturated carbocycles. The maximum absolute atomic E-state index is 13.0. The molecule has 0 aromatic heterocycles. The van der Waals surface area contributed by atoms with E-state index in [1.54, 1.807) is 12.1 Å². The van der Waals surface area contributed by atoms with Gasteiger partial charge in [0.2, 0.25) is 15.9 Å². The van der Waals surface area contributed by atoms with E-state index in [-0.39, 0.29) is 29.8 Å². The molecule has 3 aliphatic rings. The van der Waals surface area contributed by atoms with Gasteiger partial charge in [0.15, 0.2) is 0 Å². The Morgan fingerprint density at radius 1 is 1.07 bits per heavy atom. The van der Waals surface area contributed by atoms with Gasteiger partial charge in [0.25, 0.3) is 5.91 Å². The first-order chi connectivity index (χ1) is 13.4. The number of likely N-dealkylation sites (tertiary alicyclic amines) is 1. The first kappa shape index (κ1) is 19.4. The molecule has 0 bridgehead atoms. The topological polar surface area (TPSA) is 86.8 Å². The Hall–Kier alpha value is -1.93. The van der Waals surface area contributed by atoms with Crippen molar-refractivity contribution in [2.45, 2.75) is 37.0 Å². The van der Waals surface area contributed by atoms with Crippen LogP contribution in [0.2, 0.25) is 0 Å². The van der Waals surface area contributed by atoms with Gasteiger partial charge in [-0.25, -0.2) is 8.42 Å². The molecule has 1 aliphatic carbocycles. The number of rotatable bonds is 3. The van der Waals surface area contributed by atoms with Gasteiger partial charge in [-0.1, -0.05) is 25.3 Å². The Bertz CT molecular complexity index is 870. The molecular weight excluding hydrogens is 378 g/mol. The van der Waals surface area contributed by atoms with Crippen LogP contribution in [0.3, 0.4) is 0 Å². The number of carbonyl (C=O) groups excluding carboxylic acids is 2. The van der Waals surface area contributed by atoms with E-state index in [1.165, 1.54) is 42.1 Å². The molecule has 1 N–H and O–H groups in total. The number of amides is 2. The number of piperidine rings is 1. The summed E-state index contributed by atoms with van der Waals surface area (Å²) in [6.07, 6.45) is 6.02. The number of nitrogens with zero attached hydrogens (tertiary/aromatic N) is 2. The number of nitrogens with one attached hydrogen (secondary N) is 1. The van der Waals surface area contributed by atoms with E-state index in [0.29, 0.717) is 18.0 Å². The predicted molar refractivity (Wildman–Crippen MR) is 104 cm³/mol. The summed E-state index contributed by atoms with van der Waals surface area (Å²) < 4.78 is 27.0. The normalized spacial score (nSPS) is 26.4. The van der Waals surface area contributed by atoms with E-state index in [2.05, 4.69) is 5.32 Å². The molecule has 2 amide bonds. The minimum absolute atomic E-state index is 0.0700. The summed E-state index contributed by atoms with van der Waals surface area (Å²) in [5.41, 5.74) is 0.400. The Labute approximate surface area is 166 Å². The molecule has 1 aromatic rings. The van der Waals surface area contributed by atoms with Crippen molar-refractivity contribution in [1.82, 2.24) is 14.5 Å². The lowest BCUT2D eigenvalue weighted by Gasteiger charge is -2.41. The van der Waals surface area contributed by atoms with Crippen molar-refractivity contribution in [3.8, 4) is 0 Å². The number of fused-ring (bicyclic) bond motifs is 1. The molecular formula is C20H27N3O4S. The van der Waals surface area contributed by atoms with Gasteiger partial charge in [-0.2, -0.15) is 4.31 Å². The lowest BCUT2D eigenvalue weighted by atomic mass is 9.75. The van der Waals surface area contributed by atoms with Crippen LogP contribution in [0.4, 0.5) is 0 Å². The fraction of sp³-hybridized carbons (Fsp3) is 0.600. The van der Waals surface area contributed by atoms with Crippen molar-refractivity contribution >= 4 is 21.8 Å². The molecule has 0 spiro atoms. The third-order valence-electron chi connectivity index (χ3n) is 6.30. The Balaban J connectivity index is 1.51. The molecule has 2 aliphatic heterocycles. The Morgan fingerprint density at radius 2 is 1.86 bits per heavy atom. The smallest absolute Gasteiger partial charge is 0.253 e. The van der Waals surface area contributed by atoms with Crippen LogP contribution in [0.5, 0.6) is 0 Å². The number of hydrogen-bond donors (Lipinski definition) is 1. The number of carbonyl (C=O) groups is 2. The highest BCUT2D eigenvalue weighted by molar-refractivity contribution is 7.89. The van der Waals surface area contributed by atoms with Gasteiger partial charge in [0.05, 0.1) is 11.4 Å². The average Bonchev–Trinajstić information content (AvgIpc) is 2.73. The van der Waals surface area contributed by atoms with Crippen LogP contribution < -0.4 is 5.32 Å². The molecule has 2 unspecified atom stereocenters. The van der Waals surface area contributed by atoms with Crippen LogP contribution >= 0.6 is 0 Å². The summed E-state index contributed by atoms with van der Waals surface area (Å²) in [7, 11) is -3.80. The standard InChI is InChI=1S/C20H27N3O4S/c24-19-14-23(11-9-21-19)28(26,27)18-7-3-6-16(12-18)20(25)22-10-8-15-4-1-2-5-17(15)13-22/h3,6-7,12,15,17H,1-2,4-5,8-11,13-14H2,(H,21,24). The molecule has 3 fully saturated rings. The first-order valence-corrected chi connectivity index (χ1v) is 11.6. The highest BCUT2D eigenvalue weighted by Gasteiger charge is 2.34.